The van der Waals surface area contributed by atoms with Gasteiger partial charge in [-0.3, -0.25) is 4.79 Å². The van der Waals surface area contributed by atoms with Crippen molar-refractivity contribution in [3.05, 3.63) is 52.6 Å². The highest BCUT2D eigenvalue weighted by atomic mass is 32.2. The van der Waals surface area contributed by atoms with Crippen LogP contribution in [0.4, 0.5) is 16.2 Å². The van der Waals surface area contributed by atoms with E-state index < -0.39 is 0 Å². The zero-order valence-corrected chi connectivity index (χ0v) is 18.2. The van der Waals surface area contributed by atoms with Crippen LogP contribution in [0, 0.1) is 27.7 Å². The molecule has 2 aromatic rings. The third-order valence-corrected chi connectivity index (χ3v) is 6.27. The van der Waals surface area contributed by atoms with Crippen molar-refractivity contribution in [3.63, 3.8) is 0 Å². The lowest BCUT2D eigenvalue weighted by molar-refractivity contribution is 0.219. The Morgan fingerprint density at radius 3 is 2.36 bits per heavy atom. The molecule has 1 amide bonds. The van der Waals surface area contributed by atoms with Crippen LogP contribution >= 0.6 is 11.9 Å². The Morgan fingerprint density at radius 1 is 1.00 bits per heavy atom. The number of ether oxygens (including phenoxy) is 1. The zero-order chi connectivity index (χ0) is 20.3. The molecule has 0 atom stereocenters. The summed E-state index contributed by atoms with van der Waals surface area (Å²) in [4.78, 5) is 16.9. The van der Waals surface area contributed by atoms with Crippen molar-refractivity contribution in [3.8, 4) is 5.75 Å². The maximum atomic E-state index is 12.7. The number of piperazine rings is 1. The first-order valence-corrected chi connectivity index (χ1v) is 10.4. The van der Waals surface area contributed by atoms with Crippen LogP contribution in [-0.2, 0) is 0 Å². The van der Waals surface area contributed by atoms with E-state index in [2.05, 4.69) is 55.5 Å². The quantitative estimate of drug-likeness (QED) is 0.739. The Bertz CT molecular complexity index is 861. The molecule has 6 heteroatoms. The highest BCUT2D eigenvalue weighted by Gasteiger charge is 2.23. The minimum atomic E-state index is 0.0425. The highest BCUT2D eigenvalue weighted by molar-refractivity contribution is 8.14. The van der Waals surface area contributed by atoms with Crippen molar-refractivity contribution in [2.24, 2.45) is 0 Å². The van der Waals surface area contributed by atoms with Crippen LogP contribution in [0.1, 0.15) is 22.3 Å². The fraction of sp³-hybridized carbons (Fsp3) is 0.409. The average Bonchev–Trinajstić information content (AvgIpc) is 2.70. The van der Waals surface area contributed by atoms with Crippen LogP contribution in [0.25, 0.3) is 0 Å². The van der Waals surface area contributed by atoms with Gasteiger partial charge in [-0.25, -0.2) is 0 Å². The average molecular weight is 400 g/mol. The van der Waals surface area contributed by atoms with E-state index in [9.17, 15) is 4.79 Å². The number of nitrogens with one attached hydrogen (secondary N) is 1. The molecule has 150 valence electrons. The van der Waals surface area contributed by atoms with Crippen LogP contribution in [0.15, 0.2) is 30.3 Å². The molecule has 1 heterocycles. The number of carbonyl (C=O) groups is 1. The van der Waals surface area contributed by atoms with Gasteiger partial charge in [0, 0.05) is 43.8 Å². The Kier molecular flexibility index (Phi) is 6.39. The third kappa shape index (κ3) is 4.38. The minimum absolute atomic E-state index is 0.0425. The molecule has 1 aliphatic rings. The molecule has 2 aromatic carbocycles. The number of hydrogen-bond acceptors (Lipinski definition) is 5. The summed E-state index contributed by atoms with van der Waals surface area (Å²) < 4.78 is 8.61. The largest absolute Gasteiger partial charge is 0.495 e. The number of rotatable bonds is 4. The van der Waals surface area contributed by atoms with Gasteiger partial charge in [0.1, 0.15) is 5.75 Å². The molecule has 0 unspecified atom stereocenters. The van der Waals surface area contributed by atoms with Gasteiger partial charge in [0.25, 0.3) is 0 Å². The van der Waals surface area contributed by atoms with E-state index in [0.29, 0.717) is 0 Å². The van der Waals surface area contributed by atoms with Crippen LogP contribution in [0.5, 0.6) is 5.75 Å². The summed E-state index contributed by atoms with van der Waals surface area (Å²) in [5.41, 5.74) is 7.06. The van der Waals surface area contributed by atoms with Gasteiger partial charge >= 0.3 is 5.24 Å². The topological polar surface area (TPSA) is 44.8 Å². The smallest absolute Gasteiger partial charge is 0.302 e. The SMILES string of the molecule is COc1cc(C)c(C)cc1NSC(=O)N1CCN(c2cccc(C)c2C)CC1. The van der Waals surface area contributed by atoms with Gasteiger partial charge in [-0.1, -0.05) is 12.1 Å². The molecule has 1 fully saturated rings. The summed E-state index contributed by atoms with van der Waals surface area (Å²) in [6.07, 6.45) is 0. The number of aryl methyl sites for hydroxylation is 3. The van der Waals surface area contributed by atoms with E-state index in [-0.39, 0.29) is 5.24 Å². The maximum Gasteiger partial charge on any atom is 0.302 e. The summed E-state index contributed by atoms with van der Waals surface area (Å²) in [6.45, 7) is 11.6. The second kappa shape index (κ2) is 8.78. The van der Waals surface area contributed by atoms with Crippen LogP contribution < -0.4 is 14.4 Å². The second-order valence-corrected chi connectivity index (χ2v) is 8.06. The molecule has 3 rings (SSSR count). The van der Waals surface area contributed by atoms with Gasteiger partial charge in [-0.2, -0.15) is 0 Å². The summed E-state index contributed by atoms with van der Waals surface area (Å²) in [7, 11) is 1.65. The Balaban J connectivity index is 1.57. The first-order chi connectivity index (χ1) is 13.4. The second-order valence-electron chi connectivity index (χ2n) is 7.30. The van der Waals surface area contributed by atoms with Gasteiger partial charge in [0.15, 0.2) is 0 Å². The van der Waals surface area contributed by atoms with Gasteiger partial charge in [0.05, 0.1) is 12.8 Å². The molecular formula is C22H29N3O2S. The molecule has 0 spiro atoms. The molecule has 28 heavy (non-hydrogen) atoms. The summed E-state index contributed by atoms with van der Waals surface area (Å²) in [5.74, 6) is 0.753. The number of benzene rings is 2. The maximum absolute atomic E-state index is 12.7. The van der Waals surface area contributed by atoms with Gasteiger partial charge < -0.3 is 19.3 Å². The lowest BCUT2D eigenvalue weighted by atomic mass is 10.1. The molecule has 1 N–H and O–H groups in total. The molecule has 0 aliphatic carbocycles. The van der Waals surface area contributed by atoms with Crippen molar-refractivity contribution >= 4 is 28.6 Å². The van der Waals surface area contributed by atoms with Gasteiger partial charge in [-0.05, 0) is 68.1 Å². The minimum Gasteiger partial charge on any atom is -0.495 e. The number of hydrogen-bond donors (Lipinski definition) is 1. The first kappa shape index (κ1) is 20.4. The summed E-state index contributed by atoms with van der Waals surface area (Å²) in [6, 6.07) is 10.4. The monoisotopic (exact) mass is 399 g/mol. The van der Waals surface area contributed by atoms with E-state index in [1.54, 1.807) is 7.11 Å². The number of nitrogens with zero attached hydrogens (tertiary/aromatic N) is 2. The molecular weight excluding hydrogens is 370 g/mol. The van der Waals surface area contributed by atoms with E-state index in [4.69, 9.17) is 4.74 Å². The molecule has 5 nitrogen and oxygen atoms in total. The number of anilines is 2. The highest BCUT2D eigenvalue weighted by Crippen LogP contribution is 2.31. The normalized spacial score (nSPS) is 14.2. The number of carbonyl (C=O) groups excluding carboxylic acids is 1. The molecule has 0 saturated carbocycles. The Morgan fingerprint density at radius 2 is 1.68 bits per heavy atom. The molecule has 0 aromatic heterocycles. The molecule has 1 saturated heterocycles. The number of methoxy groups -OCH3 is 1. The molecule has 0 radical (unpaired) electrons. The Hall–Kier alpha value is -2.34. The lowest BCUT2D eigenvalue weighted by Crippen LogP contribution is -2.48. The van der Waals surface area contributed by atoms with Crippen molar-refractivity contribution in [2.75, 3.05) is 42.9 Å². The summed E-state index contributed by atoms with van der Waals surface area (Å²) in [5, 5.41) is 0.0425. The van der Waals surface area contributed by atoms with E-state index in [1.165, 1.54) is 27.9 Å². The third-order valence-electron chi connectivity index (χ3n) is 5.52. The first-order valence-electron chi connectivity index (χ1n) is 9.59. The van der Waals surface area contributed by atoms with Crippen LogP contribution in [0.3, 0.4) is 0 Å². The van der Waals surface area contributed by atoms with Crippen molar-refractivity contribution in [1.29, 1.82) is 0 Å². The zero-order valence-electron chi connectivity index (χ0n) is 17.3. The molecule has 0 bridgehead atoms. The van der Waals surface area contributed by atoms with E-state index in [1.807, 2.05) is 17.0 Å². The van der Waals surface area contributed by atoms with Crippen LogP contribution in [-0.4, -0.2) is 43.4 Å². The Labute approximate surface area is 172 Å². The molecule has 1 aliphatic heterocycles. The summed E-state index contributed by atoms with van der Waals surface area (Å²) >= 11 is 1.12. The lowest BCUT2D eigenvalue weighted by Gasteiger charge is -2.36. The van der Waals surface area contributed by atoms with E-state index in [0.717, 1.165) is 49.6 Å². The standard InChI is InChI=1S/C22H29N3O2S/c1-15-7-6-8-20(18(15)4)24-9-11-25(12-10-24)22(26)28-23-19-13-16(2)17(3)14-21(19)27-5/h6-8,13-14,23H,9-12H2,1-5H3. The van der Waals surface area contributed by atoms with Gasteiger partial charge in [-0.15, -0.1) is 0 Å². The fourth-order valence-electron chi connectivity index (χ4n) is 3.41. The van der Waals surface area contributed by atoms with Crippen molar-refractivity contribution < 1.29 is 9.53 Å². The predicted molar refractivity (Wildman–Crippen MR) is 119 cm³/mol. The fourth-order valence-corrected chi connectivity index (χ4v) is 4.08. The van der Waals surface area contributed by atoms with Crippen LogP contribution in [0.2, 0.25) is 0 Å². The van der Waals surface area contributed by atoms with Crippen molar-refractivity contribution in [1.82, 2.24) is 4.90 Å². The predicted octanol–water partition coefficient (Wildman–Crippen LogP) is 4.93. The van der Waals surface area contributed by atoms with Crippen molar-refractivity contribution in [2.45, 2.75) is 27.7 Å². The van der Waals surface area contributed by atoms with E-state index >= 15 is 0 Å². The number of amides is 1. The van der Waals surface area contributed by atoms with Gasteiger partial charge in [0.2, 0.25) is 0 Å².